The highest BCUT2D eigenvalue weighted by atomic mass is 32.1. The van der Waals surface area contributed by atoms with E-state index in [9.17, 15) is 9.59 Å². The number of hydrogen-bond acceptors (Lipinski definition) is 5. The van der Waals surface area contributed by atoms with Crippen LogP contribution < -0.4 is 14.8 Å². The highest BCUT2D eigenvalue weighted by molar-refractivity contribution is 7.10. The van der Waals surface area contributed by atoms with Gasteiger partial charge in [-0.15, -0.1) is 11.3 Å². The molecule has 0 bridgehead atoms. The van der Waals surface area contributed by atoms with E-state index in [2.05, 4.69) is 5.32 Å². The summed E-state index contributed by atoms with van der Waals surface area (Å²) in [5, 5.41) is 13.7. The Morgan fingerprint density at radius 1 is 1.20 bits per heavy atom. The van der Waals surface area contributed by atoms with E-state index in [1.54, 1.807) is 36.5 Å². The smallest absolute Gasteiger partial charge is 0.341 e. The van der Waals surface area contributed by atoms with Gasteiger partial charge in [-0.25, -0.2) is 4.79 Å². The standard InChI is InChI=1S/C18H21NO5S/c1-3-13(16-6-5-9-25-16)19-18(22)12-7-8-14(24-11-17(20)21)15(10-12)23-4-2/h5-10,13H,3-4,11H2,1-2H3,(H,19,22)(H,20,21). The molecule has 0 fully saturated rings. The van der Waals surface area contributed by atoms with Gasteiger partial charge in [0.1, 0.15) is 0 Å². The molecule has 0 aliphatic heterocycles. The minimum Gasteiger partial charge on any atom is -0.490 e. The molecule has 1 heterocycles. The zero-order valence-corrected chi connectivity index (χ0v) is 15.0. The Hall–Kier alpha value is -2.54. The first kappa shape index (κ1) is 18.8. The molecule has 1 aromatic carbocycles. The van der Waals surface area contributed by atoms with E-state index in [0.29, 0.717) is 23.7 Å². The van der Waals surface area contributed by atoms with E-state index in [0.717, 1.165) is 11.3 Å². The van der Waals surface area contributed by atoms with Gasteiger partial charge in [0.15, 0.2) is 18.1 Å². The quantitative estimate of drug-likeness (QED) is 0.712. The molecular weight excluding hydrogens is 342 g/mol. The van der Waals surface area contributed by atoms with Crippen LogP contribution >= 0.6 is 11.3 Å². The van der Waals surface area contributed by atoms with Crippen molar-refractivity contribution in [3.05, 3.63) is 46.2 Å². The number of carbonyl (C=O) groups is 2. The van der Waals surface area contributed by atoms with Gasteiger partial charge in [0.2, 0.25) is 0 Å². The molecule has 0 radical (unpaired) electrons. The third-order valence-corrected chi connectivity index (χ3v) is 4.44. The van der Waals surface area contributed by atoms with Crippen LogP contribution in [0.3, 0.4) is 0 Å². The maximum absolute atomic E-state index is 12.5. The lowest BCUT2D eigenvalue weighted by atomic mass is 10.1. The molecule has 6 nitrogen and oxygen atoms in total. The van der Waals surface area contributed by atoms with E-state index in [1.165, 1.54) is 0 Å². The fourth-order valence-corrected chi connectivity index (χ4v) is 3.14. The number of aliphatic carboxylic acids is 1. The fourth-order valence-electron chi connectivity index (χ4n) is 2.28. The minimum absolute atomic E-state index is 0.0500. The van der Waals surface area contributed by atoms with Crippen molar-refractivity contribution in [2.24, 2.45) is 0 Å². The van der Waals surface area contributed by atoms with Crippen molar-refractivity contribution in [3.8, 4) is 11.5 Å². The number of ether oxygens (including phenoxy) is 2. The van der Waals surface area contributed by atoms with Crippen molar-refractivity contribution in [3.63, 3.8) is 0 Å². The fraction of sp³-hybridized carbons (Fsp3) is 0.333. The maximum atomic E-state index is 12.5. The van der Waals surface area contributed by atoms with Gasteiger partial charge in [0, 0.05) is 10.4 Å². The molecule has 1 aromatic heterocycles. The molecule has 134 valence electrons. The van der Waals surface area contributed by atoms with Gasteiger partial charge in [0.05, 0.1) is 12.6 Å². The van der Waals surface area contributed by atoms with Crippen molar-refractivity contribution in [1.82, 2.24) is 5.32 Å². The number of benzene rings is 1. The summed E-state index contributed by atoms with van der Waals surface area (Å²) in [6, 6.07) is 8.61. The monoisotopic (exact) mass is 363 g/mol. The normalized spacial score (nSPS) is 11.6. The summed E-state index contributed by atoms with van der Waals surface area (Å²) in [6.45, 7) is 3.72. The second-order valence-electron chi connectivity index (χ2n) is 5.23. The molecule has 2 N–H and O–H groups in total. The van der Waals surface area contributed by atoms with Crippen LogP contribution in [0.15, 0.2) is 35.7 Å². The minimum atomic E-state index is -1.08. The Balaban J connectivity index is 2.15. The highest BCUT2D eigenvalue weighted by Crippen LogP contribution is 2.29. The summed E-state index contributed by atoms with van der Waals surface area (Å²) < 4.78 is 10.7. The number of carboxylic acid groups (broad SMARTS) is 1. The molecule has 1 unspecified atom stereocenters. The first-order chi connectivity index (χ1) is 12.0. The molecule has 0 spiro atoms. The lowest BCUT2D eigenvalue weighted by Gasteiger charge is -2.17. The molecule has 7 heteroatoms. The van der Waals surface area contributed by atoms with Crippen LogP contribution in [0.4, 0.5) is 0 Å². The molecular formula is C18H21NO5S. The zero-order valence-electron chi connectivity index (χ0n) is 14.2. The van der Waals surface area contributed by atoms with Crippen LogP contribution in [0.5, 0.6) is 11.5 Å². The molecule has 2 aromatic rings. The average Bonchev–Trinajstić information content (AvgIpc) is 3.12. The van der Waals surface area contributed by atoms with Gasteiger partial charge in [-0.05, 0) is 43.0 Å². The Morgan fingerprint density at radius 3 is 2.60 bits per heavy atom. The first-order valence-electron chi connectivity index (χ1n) is 8.00. The van der Waals surface area contributed by atoms with Crippen LogP contribution in [-0.2, 0) is 4.79 Å². The van der Waals surface area contributed by atoms with Gasteiger partial charge >= 0.3 is 5.97 Å². The van der Waals surface area contributed by atoms with Crippen molar-refractivity contribution < 1.29 is 24.2 Å². The lowest BCUT2D eigenvalue weighted by Crippen LogP contribution is -2.27. The van der Waals surface area contributed by atoms with Crippen LogP contribution in [-0.4, -0.2) is 30.2 Å². The number of carbonyl (C=O) groups excluding carboxylic acids is 1. The van der Waals surface area contributed by atoms with Gasteiger partial charge in [-0.1, -0.05) is 13.0 Å². The van der Waals surface area contributed by atoms with Gasteiger partial charge in [-0.2, -0.15) is 0 Å². The van der Waals surface area contributed by atoms with Crippen molar-refractivity contribution in [1.29, 1.82) is 0 Å². The van der Waals surface area contributed by atoms with E-state index >= 15 is 0 Å². The molecule has 0 aliphatic rings. The second kappa shape index (κ2) is 9.08. The van der Waals surface area contributed by atoms with E-state index in [1.807, 2.05) is 24.4 Å². The summed E-state index contributed by atoms with van der Waals surface area (Å²) >= 11 is 1.60. The molecule has 1 atom stereocenters. The molecule has 1 amide bonds. The van der Waals surface area contributed by atoms with Crippen LogP contribution in [0.25, 0.3) is 0 Å². The number of nitrogens with one attached hydrogen (secondary N) is 1. The third kappa shape index (κ3) is 5.22. The zero-order chi connectivity index (χ0) is 18.2. The van der Waals surface area contributed by atoms with Crippen molar-refractivity contribution in [2.45, 2.75) is 26.3 Å². The number of carboxylic acids is 1. The van der Waals surface area contributed by atoms with Gasteiger partial charge < -0.3 is 19.9 Å². The molecule has 2 rings (SSSR count). The van der Waals surface area contributed by atoms with Crippen molar-refractivity contribution in [2.75, 3.05) is 13.2 Å². The van der Waals surface area contributed by atoms with Gasteiger partial charge in [0.25, 0.3) is 5.91 Å². The number of amides is 1. The Bertz CT molecular complexity index is 714. The van der Waals surface area contributed by atoms with E-state index in [4.69, 9.17) is 14.6 Å². The predicted octanol–water partition coefficient (Wildman–Crippen LogP) is 3.49. The molecule has 0 saturated heterocycles. The number of hydrogen-bond donors (Lipinski definition) is 2. The Kier molecular flexibility index (Phi) is 6.82. The summed E-state index contributed by atoms with van der Waals surface area (Å²) in [7, 11) is 0. The number of rotatable bonds is 9. The third-order valence-electron chi connectivity index (χ3n) is 3.46. The maximum Gasteiger partial charge on any atom is 0.341 e. The summed E-state index contributed by atoms with van der Waals surface area (Å²) in [5.41, 5.74) is 0.432. The topological polar surface area (TPSA) is 84.9 Å². The largest absolute Gasteiger partial charge is 0.490 e. The Morgan fingerprint density at radius 2 is 2.00 bits per heavy atom. The molecule has 25 heavy (non-hydrogen) atoms. The summed E-state index contributed by atoms with van der Waals surface area (Å²) in [5.74, 6) is -0.649. The van der Waals surface area contributed by atoms with Gasteiger partial charge in [-0.3, -0.25) is 4.79 Å². The molecule has 0 aliphatic carbocycles. The second-order valence-corrected chi connectivity index (χ2v) is 6.21. The van der Waals surface area contributed by atoms with E-state index in [-0.39, 0.29) is 11.9 Å². The average molecular weight is 363 g/mol. The van der Waals surface area contributed by atoms with Crippen molar-refractivity contribution >= 4 is 23.2 Å². The molecule has 0 saturated carbocycles. The SMILES string of the molecule is CCOc1cc(C(=O)NC(CC)c2cccs2)ccc1OCC(=O)O. The highest BCUT2D eigenvalue weighted by Gasteiger charge is 2.17. The van der Waals surface area contributed by atoms with E-state index < -0.39 is 12.6 Å². The number of thiophene rings is 1. The summed E-state index contributed by atoms with van der Waals surface area (Å²) in [6.07, 6.45) is 0.782. The van der Waals surface area contributed by atoms with Crippen LogP contribution in [0.1, 0.15) is 41.5 Å². The van der Waals surface area contributed by atoms with Crippen LogP contribution in [0, 0.1) is 0 Å². The Labute approximate surface area is 150 Å². The summed E-state index contributed by atoms with van der Waals surface area (Å²) in [4.78, 5) is 24.3. The predicted molar refractivity (Wildman–Crippen MR) is 95.6 cm³/mol. The van der Waals surface area contributed by atoms with Crippen LogP contribution in [0.2, 0.25) is 0 Å². The first-order valence-corrected chi connectivity index (χ1v) is 8.88. The lowest BCUT2D eigenvalue weighted by molar-refractivity contribution is -0.139.